The minimum absolute atomic E-state index is 0.169. The summed E-state index contributed by atoms with van der Waals surface area (Å²) in [6.45, 7) is 4.37. The minimum Gasteiger partial charge on any atom is -0.396 e. The van der Waals surface area contributed by atoms with Crippen molar-refractivity contribution in [1.29, 1.82) is 0 Å². The van der Waals surface area contributed by atoms with E-state index in [9.17, 15) is 0 Å². The molecule has 0 aromatic carbocycles. The molecule has 1 N–H and O–H groups in total. The summed E-state index contributed by atoms with van der Waals surface area (Å²) in [6, 6.07) is 0. The molecule has 0 heterocycles. The average molecular weight is 116 g/mol. The molecule has 0 fully saturated rings. The van der Waals surface area contributed by atoms with Gasteiger partial charge in [0.1, 0.15) is 0 Å². The van der Waals surface area contributed by atoms with Crippen molar-refractivity contribution in [3.05, 3.63) is 12.2 Å². The molecule has 0 bridgehead atoms. The largest absolute Gasteiger partial charge is 0.396 e. The fraction of sp³-hybridized carbons (Fsp3) is 0.667. The Hall–Kier alpha value is -0.340. The third kappa shape index (κ3) is 3.84. The zero-order valence-corrected chi connectivity index (χ0v) is 5.18. The summed E-state index contributed by atoms with van der Waals surface area (Å²) in [4.78, 5) is 0. The van der Waals surface area contributed by atoms with E-state index >= 15 is 0 Å². The Kier molecular flexibility index (Phi) is 4.61. The van der Waals surface area contributed by atoms with E-state index < -0.39 is 0 Å². The van der Waals surface area contributed by atoms with Gasteiger partial charge in [0.2, 0.25) is 0 Å². The molecule has 0 spiro atoms. The Bertz CT molecular complexity index is 60.9. The maximum absolute atomic E-state index is 8.35. The van der Waals surface area contributed by atoms with Crippen molar-refractivity contribution >= 4 is 0 Å². The number of hydrogen-bond donors (Lipinski definition) is 1. The number of rotatable bonds is 4. The molecule has 0 aliphatic carbocycles. The molecule has 0 rings (SSSR count). The second-order valence-corrected chi connectivity index (χ2v) is 1.66. The zero-order valence-electron chi connectivity index (χ0n) is 5.18. The van der Waals surface area contributed by atoms with Crippen molar-refractivity contribution in [2.75, 3.05) is 20.3 Å². The molecule has 2 heteroatoms. The molecule has 0 amide bonds. The fourth-order valence-electron chi connectivity index (χ4n) is 0.434. The highest BCUT2D eigenvalue weighted by atomic mass is 16.5. The van der Waals surface area contributed by atoms with E-state index in [1.807, 2.05) is 0 Å². The van der Waals surface area contributed by atoms with Gasteiger partial charge in [-0.1, -0.05) is 6.58 Å². The number of methoxy groups -OCH3 is 1. The lowest BCUT2D eigenvalue weighted by atomic mass is 10.2. The number of aliphatic hydroxyl groups is 1. The normalized spacial score (nSPS) is 9.25. The Morgan fingerprint density at radius 2 is 2.38 bits per heavy atom. The van der Waals surface area contributed by atoms with Crippen LogP contribution in [-0.4, -0.2) is 25.4 Å². The van der Waals surface area contributed by atoms with Crippen LogP contribution in [0.3, 0.4) is 0 Å². The van der Waals surface area contributed by atoms with Crippen LogP contribution in [0.2, 0.25) is 0 Å². The molecule has 0 saturated heterocycles. The van der Waals surface area contributed by atoms with E-state index in [2.05, 4.69) is 6.58 Å². The Balaban J connectivity index is 3.06. The molecule has 0 saturated carbocycles. The first-order valence-electron chi connectivity index (χ1n) is 2.57. The number of aliphatic hydroxyl groups excluding tert-OH is 1. The molecule has 0 radical (unpaired) electrons. The topological polar surface area (TPSA) is 29.5 Å². The highest BCUT2D eigenvalue weighted by Crippen LogP contribution is 1.94. The zero-order chi connectivity index (χ0) is 6.41. The van der Waals surface area contributed by atoms with E-state index in [0.717, 1.165) is 5.57 Å². The first-order chi connectivity index (χ1) is 3.81. The van der Waals surface area contributed by atoms with Gasteiger partial charge in [-0.25, -0.2) is 0 Å². The van der Waals surface area contributed by atoms with E-state index in [1.165, 1.54) is 0 Å². The van der Waals surface area contributed by atoms with Crippen LogP contribution in [0.25, 0.3) is 0 Å². The van der Waals surface area contributed by atoms with Gasteiger partial charge in [0.05, 0.1) is 6.61 Å². The smallest absolute Gasteiger partial charge is 0.0671 e. The van der Waals surface area contributed by atoms with Crippen molar-refractivity contribution in [3.8, 4) is 0 Å². The van der Waals surface area contributed by atoms with Crippen LogP contribution in [0.15, 0.2) is 12.2 Å². The van der Waals surface area contributed by atoms with Gasteiger partial charge in [-0.15, -0.1) is 0 Å². The van der Waals surface area contributed by atoms with Gasteiger partial charge in [0.15, 0.2) is 0 Å². The van der Waals surface area contributed by atoms with Crippen molar-refractivity contribution in [1.82, 2.24) is 0 Å². The van der Waals surface area contributed by atoms with Crippen LogP contribution in [0, 0.1) is 0 Å². The predicted octanol–water partition coefficient (Wildman–Crippen LogP) is 0.571. The van der Waals surface area contributed by atoms with Crippen LogP contribution in [0.5, 0.6) is 0 Å². The van der Waals surface area contributed by atoms with Gasteiger partial charge in [0, 0.05) is 13.7 Å². The maximum atomic E-state index is 8.35. The lowest BCUT2D eigenvalue weighted by molar-refractivity contribution is 0.216. The molecule has 0 unspecified atom stereocenters. The monoisotopic (exact) mass is 116 g/mol. The Morgan fingerprint density at radius 1 is 1.75 bits per heavy atom. The van der Waals surface area contributed by atoms with Gasteiger partial charge in [-0.2, -0.15) is 0 Å². The Morgan fingerprint density at radius 3 is 2.75 bits per heavy atom. The molecule has 8 heavy (non-hydrogen) atoms. The van der Waals surface area contributed by atoms with Crippen LogP contribution in [0.4, 0.5) is 0 Å². The summed E-state index contributed by atoms with van der Waals surface area (Å²) in [5, 5.41) is 8.35. The molecule has 2 nitrogen and oxygen atoms in total. The average Bonchev–Trinajstić information content (AvgIpc) is 1.68. The van der Waals surface area contributed by atoms with Crippen molar-refractivity contribution in [2.24, 2.45) is 0 Å². The molecule has 0 aromatic heterocycles. The van der Waals surface area contributed by atoms with Crippen LogP contribution < -0.4 is 0 Å². The number of ether oxygens (including phenoxy) is 1. The van der Waals surface area contributed by atoms with Gasteiger partial charge in [0.25, 0.3) is 0 Å². The third-order valence-electron chi connectivity index (χ3n) is 0.814. The SMILES string of the molecule is C=C(CCO)COC. The molecular weight excluding hydrogens is 104 g/mol. The first kappa shape index (κ1) is 7.66. The predicted molar refractivity (Wildman–Crippen MR) is 32.7 cm³/mol. The lowest BCUT2D eigenvalue weighted by Gasteiger charge is -1.98. The second-order valence-electron chi connectivity index (χ2n) is 1.66. The summed E-state index contributed by atoms with van der Waals surface area (Å²) in [7, 11) is 1.61. The molecular formula is C6H12O2. The first-order valence-corrected chi connectivity index (χ1v) is 2.57. The van der Waals surface area contributed by atoms with E-state index in [4.69, 9.17) is 9.84 Å². The summed E-state index contributed by atoms with van der Waals surface area (Å²) in [6.07, 6.45) is 0.647. The summed E-state index contributed by atoms with van der Waals surface area (Å²) < 4.78 is 4.75. The van der Waals surface area contributed by atoms with Crippen molar-refractivity contribution in [3.63, 3.8) is 0 Å². The standard InChI is InChI=1S/C6H12O2/c1-6(3-4-7)5-8-2/h7H,1,3-5H2,2H3. The Labute approximate surface area is 49.8 Å². The van der Waals surface area contributed by atoms with Gasteiger partial charge in [-0.3, -0.25) is 0 Å². The number of hydrogen-bond acceptors (Lipinski definition) is 2. The molecule has 0 aliphatic heterocycles. The highest BCUT2D eigenvalue weighted by Gasteiger charge is 1.88. The van der Waals surface area contributed by atoms with Gasteiger partial charge >= 0.3 is 0 Å². The summed E-state index contributed by atoms with van der Waals surface area (Å²) in [5.74, 6) is 0. The van der Waals surface area contributed by atoms with E-state index in [-0.39, 0.29) is 6.61 Å². The van der Waals surface area contributed by atoms with Gasteiger partial charge in [-0.05, 0) is 12.0 Å². The fourth-order valence-corrected chi connectivity index (χ4v) is 0.434. The summed E-state index contributed by atoms with van der Waals surface area (Å²) >= 11 is 0. The molecule has 0 aromatic rings. The van der Waals surface area contributed by atoms with Crippen LogP contribution >= 0.6 is 0 Å². The summed E-state index contributed by atoms with van der Waals surface area (Å²) in [5.41, 5.74) is 0.940. The quantitative estimate of drug-likeness (QED) is 0.544. The van der Waals surface area contributed by atoms with Crippen molar-refractivity contribution in [2.45, 2.75) is 6.42 Å². The van der Waals surface area contributed by atoms with Crippen LogP contribution in [-0.2, 0) is 4.74 Å². The molecule has 0 atom stereocenters. The second kappa shape index (κ2) is 4.81. The molecule has 0 aliphatic rings. The maximum Gasteiger partial charge on any atom is 0.0671 e. The van der Waals surface area contributed by atoms with Crippen molar-refractivity contribution < 1.29 is 9.84 Å². The molecule has 48 valence electrons. The van der Waals surface area contributed by atoms with Crippen LogP contribution in [0.1, 0.15) is 6.42 Å². The lowest BCUT2D eigenvalue weighted by Crippen LogP contribution is -1.94. The minimum atomic E-state index is 0.169. The van der Waals surface area contributed by atoms with E-state index in [0.29, 0.717) is 13.0 Å². The van der Waals surface area contributed by atoms with E-state index in [1.54, 1.807) is 7.11 Å². The van der Waals surface area contributed by atoms with Gasteiger partial charge < -0.3 is 9.84 Å². The highest BCUT2D eigenvalue weighted by molar-refractivity contribution is 4.93. The third-order valence-corrected chi connectivity index (χ3v) is 0.814.